The Morgan fingerprint density at radius 2 is 0.958 bits per heavy atom. The number of benzene rings is 3. The highest BCUT2D eigenvalue weighted by molar-refractivity contribution is 8.13. The van der Waals surface area contributed by atoms with Crippen molar-refractivity contribution >= 4 is 55.4 Å². The molecule has 0 fully saturated rings. The van der Waals surface area contributed by atoms with Gasteiger partial charge in [-0.25, -0.2) is 0 Å². The van der Waals surface area contributed by atoms with Gasteiger partial charge in [0.15, 0.2) is 10.3 Å². The first kappa shape index (κ1) is 16.7. The minimum absolute atomic E-state index is 0.124. The predicted octanol–water partition coefficient (Wildman–Crippen LogP) is 4.25. The summed E-state index contributed by atoms with van der Waals surface area (Å²) < 4.78 is 0. The third-order valence-electron chi connectivity index (χ3n) is 3.90. The van der Waals surface area contributed by atoms with Gasteiger partial charge in [0.2, 0.25) is 0 Å². The lowest BCUT2D eigenvalue weighted by molar-refractivity contribution is 1.45. The topological polar surface area (TPSA) is 99.7 Å². The molecule has 3 rings (SSSR count). The molecule has 0 radical (unpaired) electrons. The second-order valence-corrected chi connectivity index (χ2v) is 7.39. The molecule has 122 valence electrons. The summed E-state index contributed by atoms with van der Waals surface area (Å²) >= 11 is 2.68. The maximum Gasteiger partial charge on any atom is 0.151 e. The Labute approximate surface area is 149 Å². The summed E-state index contributed by atoms with van der Waals surface area (Å²) in [6.07, 6.45) is 0. The van der Waals surface area contributed by atoms with Gasteiger partial charge >= 0.3 is 0 Å². The molecule has 6 heteroatoms. The summed E-state index contributed by atoms with van der Waals surface area (Å²) in [5.41, 5.74) is 13.5. The van der Waals surface area contributed by atoms with Crippen LogP contribution in [0.3, 0.4) is 0 Å². The summed E-state index contributed by atoms with van der Waals surface area (Å²) in [5, 5.41) is 20.0. The molecule has 0 saturated heterocycles. The van der Waals surface area contributed by atoms with E-state index in [1.54, 1.807) is 0 Å². The van der Waals surface area contributed by atoms with E-state index in [4.69, 9.17) is 22.3 Å². The second-order valence-electron chi connectivity index (χ2n) is 5.35. The minimum atomic E-state index is 0.124. The molecule has 6 N–H and O–H groups in total. The van der Waals surface area contributed by atoms with Crippen LogP contribution < -0.4 is 11.5 Å². The van der Waals surface area contributed by atoms with Crippen LogP contribution in [0.4, 0.5) is 0 Å². The van der Waals surface area contributed by atoms with E-state index in [9.17, 15) is 0 Å². The standard InChI is InChI=1S/C18H18N4S2/c19-17(20)23-9-15-11-5-1-2-6-12(11)16(10-24-18(21)22)14-8-4-3-7-13(14)15/h1-8H,9-10H2,(H3,19,20)(H3,21,22). The first-order valence-corrected chi connectivity index (χ1v) is 9.40. The molecule has 0 aliphatic rings. The van der Waals surface area contributed by atoms with Crippen LogP contribution in [-0.2, 0) is 11.5 Å². The van der Waals surface area contributed by atoms with Gasteiger partial charge in [-0.3, -0.25) is 10.8 Å². The van der Waals surface area contributed by atoms with Crippen LogP contribution in [0.15, 0.2) is 48.5 Å². The largest absolute Gasteiger partial charge is 0.379 e. The van der Waals surface area contributed by atoms with Crippen molar-refractivity contribution in [3.63, 3.8) is 0 Å². The maximum atomic E-state index is 7.52. The Balaban J connectivity index is 2.28. The molecule has 4 nitrogen and oxygen atoms in total. The molecule has 0 aliphatic heterocycles. The number of hydrogen-bond donors (Lipinski definition) is 4. The third kappa shape index (κ3) is 3.34. The number of thioether (sulfide) groups is 2. The van der Waals surface area contributed by atoms with E-state index in [0.717, 1.165) is 0 Å². The van der Waals surface area contributed by atoms with Crippen molar-refractivity contribution in [2.45, 2.75) is 11.5 Å². The highest BCUT2D eigenvalue weighted by Crippen LogP contribution is 2.36. The van der Waals surface area contributed by atoms with Gasteiger partial charge < -0.3 is 11.5 Å². The molecule has 0 unspecified atom stereocenters. The lowest BCUT2D eigenvalue weighted by Crippen LogP contribution is -2.05. The van der Waals surface area contributed by atoms with Gasteiger partial charge in [-0.05, 0) is 32.7 Å². The monoisotopic (exact) mass is 354 g/mol. The lowest BCUT2D eigenvalue weighted by atomic mass is 9.93. The number of fused-ring (bicyclic) bond motifs is 2. The van der Waals surface area contributed by atoms with Crippen LogP contribution in [0.1, 0.15) is 11.1 Å². The maximum absolute atomic E-state index is 7.52. The molecule has 0 spiro atoms. The van der Waals surface area contributed by atoms with Crippen molar-refractivity contribution in [2.24, 2.45) is 11.5 Å². The molecule has 3 aromatic carbocycles. The van der Waals surface area contributed by atoms with Gasteiger partial charge in [0.1, 0.15) is 0 Å². The fraction of sp³-hybridized carbons (Fsp3) is 0.111. The quantitative estimate of drug-likeness (QED) is 0.320. The Morgan fingerprint density at radius 1 is 0.667 bits per heavy atom. The average Bonchev–Trinajstić information content (AvgIpc) is 2.57. The molecule has 0 saturated carbocycles. The zero-order chi connectivity index (χ0) is 17.1. The van der Waals surface area contributed by atoms with Gasteiger partial charge in [0.05, 0.1) is 0 Å². The molecule has 0 aromatic heterocycles. The molecule has 24 heavy (non-hydrogen) atoms. The predicted molar refractivity (Wildman–Crippen MR) is 108 cm³/mol. The first-order valence-electron chi connectivity index (χ1n) is 7.42. The molecule has 0 atom stereocenters. The normalized spacial score (nSPS) is 11.0. The van der Waals surface area contributed by atoms with Crippen LogP contribution in [0.2, 0.25) is 0 Å². The van der Waals surface area contributed by atoms with E-state index in [1.807, 2.05) is 24.3 Å². The van der Waals surface area contributed by atoms with E-state index in [-0.39, 0.29) is 10.3 Å². The van der Waals surface area contributed by atoms with E-state index in [0.29, 0.717) is 11.5 Å². The van der Waals surface area contributed by atoms with Crippen molar-refractivity contribution in [3.8, 4) is 0 Å². The highest BCUT2D eigenvalue weighted by Gasteiger charge is 2.14. The zero-order valence-corrected chi connectivity index (χ0v) is 14.6. The summed E-state index contributed by atoms with van der Waals surface area (Å²) in [4.78, 5) is 0. The van der Waals surface area contributed by atoms with Crippen molar-refractivity contribution in [1.82, 2.24) is 0 Å². The van der Waals surface area contributed by atoms with Crippen molar-refractivity contribution in [2.75, 3.05) is 0 Å². The Kier molecular flexibility index (Phi) is 4.97. The first-order chi connectivity index (χ1) is 11.6. The van der Waals surface area contributed by atoms with Gasteiger partial charge in [-0.2, -0.15) is 0 Å². The number of nitrogens with one attached hydrogen (secondary N) is 2. The van der Waals surface area contributed by atoms with E-state index in [2.05, 4.69) is 24.3 Å². The van der Waals surface area contributed by atoms with E-state index in [1.165, 1.54) is 56.2 Å². The van der Waals surface area contributed by atoms with E-state index >= 15 is 0 Å². The fourth-order valence-corrected chi connectivity index (χ4v) is 4.14. The van der Waals surface area contributed by atoms with Crippen molar-refractivity contribution in [1.29, 1.82) is 10.8 Å². The Bertz CT molecular complexity index is 804. The molecule has 3 aromatic rings. The smallest absolute Gasteiger partial charge is 0.151 e. The summed E-state index contributed by atoms with van der Waals surface area (Å²) in [5.74, 6) is 1.33. The molecular weight excluding hydrogens is 336 g/mol. The van der Waals surface area contributed by atoms with Crippen LogP contribution >= 0.6 is 23.5 Å². The van der Waals surface area contributed by atoms with Crippen molar-refractivity contribution < 1.29 is 0 Å². The SMILES string of the molecule is N=C(N)SCc1c2ccccc2c(CSC(=N)N)c2ccccc12. The summed E-state index contributed by atoms with van der Waals surface area (Å²) in [6, 6.07) is 16.6. The Morgan fingerprint density at radius 3 is 1.21 bits per heavy atom. The second kappa shape index (κ2) is 7.15. The summed E-state index contributed by atoms with van der Waals surface area (Å²) in [7, 11) is 0. The minimum Gasteiger partial charge on any atom is -0.379 e. The van der Waals surface area contributed by atoms with Crippen molar-refractivity contribution in [3.05, 3.63) is 59.7 Å². The number of amidine groups is 2. The fourth-order valence-electron chi connectivity index (χ4n) is 2.92. The highest BCUT2D eigenvalue weighted by atomic mass is 32.2. The van der Waals surface area contributed by atoms with E-state index < -0.39 is 0 Å². The lowest BCUT2D eigenvalue weighted by Gasteiger charge is -2.16. The zero-order valence-electron chi connectivity index (χ0n) is 13.0. The number of nitrogens with two attached hydrogens (primary N) is 2. The van der Waals surface area contributed by atoms with Crippen LogP contribution in [0.25, 0.3) is 21.5 Å². The van der Waals surface area contributed by atoms with Crippen LogP contribution in [0.5, 0.6) is 0 Å². The van der Waals surface area contributed by atoms with Gasteiger partial charge in [-0.1, -0.05) is 72.1 Å². The molecular formula is C18H18N4S2. The molecule has 0 aliphatic carbocycles. The molecule has 0 heterocycles. The van der Waals surface area contributed by atoms with Crippen LogP contribution in [0, 0.1) is 10.8 Å². The van der Waals surface area contributed by atoms with Gasteiger partial charge in [0, 0.05) is 11.5 Å². The third-order valence-corrected chi connectivity index (χ3v) is 5.39. The number of hydrogen-bond acceptors (Lipinski definition) is 4. The van der Waals surface area contributed by atoms with Gasteiger partial charge in [-0.15, -0.1) is 0 Å². The van der Waals surface area contributed by atoms with Crippen LogP contribution in [-0.4, -0.2) is 10.3 Å². The average molecular weight is 355 g/mol. The van der Waals surface area contributed by atoms with Gasteiger partial charge in [0.25, 0.3) is 0 Å². The molecule has 0 bridgehead atoms. The summed E-state index contributed by atoms with van der Waals surface area (Å²) in [6.45, 7) is 0. The molecule has 0 amide bonds. The Hall–Kier alpha value is -2.18. The number of rotatable bonds is 4.